The molecule has 0 heterocycles. The van der Waals surface area contributed by atoms with Crippen LogP contribution in [0.1, 0.15) is 27.2 Å². The highest BCUT2D eigenvalue weighted by Crippen LogP contribution is 2.00. The lowest BCUT2D eigenvalue weighted by Gasteiger charge is -1.91. The van der Waals surface area contributed by atoms with Gasteiger partial charge in [-0.2, -0.15) is 0 Å². The first-order valence-corrected chi connectivity index (χ1v) is 4.16. The molecule has 0 aromatic carbocycles. The summed E-state index contributed by atoms with van der Waals surface area (Å²) in [6.07, 6.45) is 9.02. The first kappa shape index (κ1) is 11.0. The minimum Gasteiger partial charge on any atom is -0.504 e. The van der Waals surface area contributed by atoms with Gasteiger partial charge in [-0.3, -0.25) is 0 Å². The highest BCUT2D eigenvalue weighted by molar-refractivity contribution is 5.16. The number of hydrogen-bond donors (Lipinski definition) is 0. The number of rotatable bonds is 4. The SMILES string of the molecule is COC=CC(C)=CCC=C(C)C. The Morgan fingerprint density at radius 1 is 1.17 bits per heavy atom. The molecule has 0 rings (SSSR count). The van der Waals surface area contributed by atoms with E-state index in [0.717, 1.165) is 6.42 Å². The van der Waals surface area contributed by atoms with Gasteiger partial charge in [0.25, 0.3) is 0 Å². The maximum atomic E-state index is 4.80. The molecule has 0 aliphatic rings. The lowest BCUT2D eigenvalue weighted by Crippen LogP contribution is -1.71. The second-order valence-electron chi connectivity index (χ2n) is 3.00. The maximum absolute atomic E-state index is 4.80. The van der Waals surface area contributed by atoms with Gasteiger partial charge in [0.2, 0.25) is 0 Å². The van der Waals surface area contributed by atoms with Crippen molar-refractivity contribution in [1.82, 2.24) is 0 Å². The van der Waals surface area contributed by atoms with Crippen molar-refractivity contribution < 1.29 is 4.74 Å². The third-order valence-electron chi connectivity index (χ3n) is 1.43. The summed E-state index contributed by atoms with van der Waals surface area (Å²) >= 11 is 0. The van der Waals surface area contributed by atoms with Crippen LogP contribution in [0, 0.1) is 0 Å². The molecular formula is C11H18O. The van der Waals surface area contributed by atoms with Gasteiger partial charge in [0, 0.05) is 0 Å². The Morgan fingerprint density at radius 3 is 2.33 bits per heavy atom. The third-order valence-corrected chi connectivity index (χ3v) is 1.43. The predicted octanol–water partition coefficient (Wildman–Crippen LogP) is 3.45. The number of hydrogen-bond acceptors (Lipinski definition) is 1. The fourth-order valence-corrected chi connectivity index (χ4v) is 0.724. The molecule has 0 radical (unpaired) electrons. The number of ether oxygens (including phenoxy) is 1. The van der Waals surface area contributed by atoms with Crippen molar-refractivity contribution in [2.45, 2.75) is 27.2 Å². The van der Waals surface area contributed by atoms with Crippen molar-refractivity contribution in [1.29, 1.82) is 0 Å². The molecule has 0 fully saturated rings. The largest absolute Gasteiger partial charge is 0.504 e. The molecule has 0 aliphatic heterocycles. The van der Waals surface area contributed by atoms with E-state index >= 15 is 0 Å². The normalized spacial score (nSPS) is 11.8. The summed E-state index contributed by atoms with van der Waals surface area (Å²) in [4.78, 5) is 0. The highest BCUT2D eigenvalue weighted by atomic mass is 16.5. The first-order chi connectivity index (χ1) is 5.66. The van der Waals surface area contributed by atoms with Crippen LogP contribution in [0.4, 0.5) is 0 Å². The van der Waals surface area contributed by atoms with Gasteiger partial charge in [-0.1, -0.05) is 23.3 Å². The van der Waals surface area contributed by atoms with E-state index in [1.54, 1.807) is 13.4 Å². The van der Waals surface area contributed by atoms with Gasteiger partial charge in [-0.15, -0.1) is 0 Å². The Bertz CT molecular complexity index is 193. The molecule has 0 aromatic heterocycles. The van der Waals surface area contributed by atoms with Crippen LogP contribution in [0.25, 0.3) is 0 Å². The molecule has 0 aromatic rings. The van der Waals surface area contributed by atoms with E-state index in [1.807, 2.05) is 6.08 Å². The monoisotopic (exact) mass is 166 g/mol. The number of methoxy groups -OCH3 is 1. The van der Waals surface area contributed by atoms with Gasteiger partial charge >= 0.3 is 0 Å². The van der Waals surface area contributed by atoms with Crippen LogP contribution in [0.2, 0.25) is 0 Å². The Morgan fingerprint density at radius 2 is 1.83 bits per heavy atom. The second kappa shape index (κ2) is 6.71. The van der Waals surface area contributed by atoms with Gasteiger partial charge in [0.05, 0.1) is 13.4 Å². The minimum atomic E-state index is 1.00. The van der Waals surface area contributed by atoms with Gasteiger partial charge in [0.1, 0.15) is 0 Å². The summed E-state index contributed by atoms with van der Waals surface area (Å²) in [5.41, 5.74) is 2.59. The Kier molecular flexibility index (Phi) is 6.16. The molecule has 1 heteroatoms. The van der Waals surface area contributed by atoms with Crippen LogP contribution < -0.4 is 0 Å². The summed E-state index contributed by atoms with van der Waals surface area (Å²) in [5, 5.41) is 0. The molecule has 0 saturated heterocycles. The van der Waals surface area contributed by atoms with E-state index < -0.39 is 0 Å². The highest BCUT2D eigenvalue weighted by Gasteiger charge is 1.80. The third kappa shape index (κ3) is 7.13. The zero-order valence-electron chi connectivity index (χ0n) is 8.42. The van der Waals surface area contributed by atoms with Crippen molar-refractivity contribution in [2.24, 2.45) is 0 Å². The molecule has 0 N–H and O–H groups in total. The average molecular weight is 166 g/mol. The van der Waals surface area contributed by atoms with E-state index in [2.05, 4.69) is 32.9 Å². The summed E-state index contributed by atoms with van der Waals surface area (Å²) < 4.78 is 4.80. The van der Waals surface area contributed by atoms with Crippen molar-refractivity contribution in [3.05, 3.63) is 35.6 Å². The molecule has 0 spiro atoms. The van der Waals surface area contributed by atoms with Gasteiger partial charge in [-0.05, 0) is 33.3 Å². The van der Waals surface area contributed by atoms with Crippen molar-refractivity contribution in [3.8, 4) is 0 Å². The average Bonchev–Trinajstić information content (AvgIpc) is 2.00. The Balaban J connectivity index is 3.85. The van der Waals surface area contributed by atoms with E-state index in [0.29, 0.717) is 0 Å². The lowest BCUT2D eigenvalue weighted by atomic mass is 10.2. The van der Waals surface area contributed by atoms with Crippen LogP contribution in [-0.2, 0) is 4.74 Å². The van der Waals surface area contributed by atoms with Crippen LogP contribution in [0.3, 0.4) is 0 Å². The zero-order valence-corrected chi connectivity index (χ0v) is 8.42. The predicted molar refractivity (Wildman–Crippen MR) is 54.0 cm³/mol. The summed E-state index contributed by atoms with van der Waals surface area (Å²) in [7, 11) is 1.65. The molecular weight excluding hydrogens is 148 g/mol. The molecule has 0 aliphatic carbocycles. The minimum absolute atomic E-state index is 1.00. The zero-order chi connectivity index (χ0) is 9.40. The van der Waals surface area contributed by atoms with Crippen LogP contribution in [0.5, 0.6) is 0 Å². The first-order valence-electron chi connectivity index (χ1n) is 4.16. The molecule has 0 amide bonds. The maximum Gasteiger partial charge on any atom is 0.0827 e. The fourth-order valence-electron chi connectivity index (χ4n) is 0.724. The van der Waals surface area contributed by atoms with Crippen LogP contribution in [-0.4, -0.2) is 7.11 Å². The molecule has 68 valence electrons. The van der Waals surface area contributed by atoms with E-state index in [-0.39, 0.29) is 0 Å². The van der Waals surface area contributed by atoms with E-state index in [9.17, 15) is 0 Å². The topological polar surface area (TPSA) is 9.23 Å². The quantitative estimate of drug-likeness (QED) is 0.353. The molecule has 0 atom stereocenters. The van der Waals surface area contributed by atoms with Crippen molar-refractivity contribution >= 4 is 0 Å². The van der Waals surface area contributed by atoms with Gasteiger partial charge < -0.3 is 4.74 Å². The molecule has 12 heavy (non-hydrogen) atoms. The summed E-state index contributed by atoms with van der Waals surface area (Å²) in [6.45, 7) is 6.27. The number of allylic oxidation sites excluding steroid dienone is 5. The lowest BCUT2D eigenvalue weighted by molar-refractivity contribution is 0.338. The van der Waals surface area contributed by atoms with Crippen LogP contribution in [0.15, 0.2) is 35.6 Å². The molecule has 0 unspecified atom stereocenters. The van der Waals surface area contributed by atoms with Gasteiger partial charge in [-0.25, -0.2) is 0 Å². The van der Waals surface area contributed by atoms with Crippen molar-refractivity contribution in [2.75, 3.05) is 7.11 Å². The van der Waals surface area contributed by atoms with E-state index in [1.165, 1.54) is 11.1 Å². The Hall–Kier alpha value is -0.980. The van der Waals surface area contributed by atoms with Crippen LogP contribution >= 0.6 is 0 Å². The standard InChI is InChI=1S/C11H18O/c1-10(2)6-5-7-11(3)8-9-12-4/h6-9H,5H2,1-4H3. The van der Waals surface area contributed by atoms with Crippen molar-refractivity contribution in [3.63, 3.8) is 0 Å². The fraction of sp³-hybridized carbons (Fsp3) is 0.455. The molecule has 1 nitrogen and oxygen atoms in total. The smallest absolute Gasteiger partial charge is 0.0827 e. The molecule has 0 bridgehead atoms. The summed E-state index contributed by atoms with van der Waals surface area (Å²) in [5.74, 6) is 0. The van der Waals surface area contributed by atoms with Gasteiger partial charge in [0.15, 0.2) is 0 Å². The van der Waals surface area contributed by atoms with E-state index in [4.69, 9.17) is 4.74 Å². The summed E-state index contributed by atoms with van der Waals surface area (Å²) in [6, 6.07) is 0. The second-order valence-corrected chi connectivity index (χ2v) is 3.00. The molecule has 0 saturated carbocycles. The Labute approximate surface area is 75.4 Å².